The molecular formula is C48H83O12P. The van der Waals surface area contributed by atoms with Gasteiger partial charge in [-0.05, 0) is 51.4 Å². The summed E-state index contributed by atoms with van der Waals surface area (Å²) in [5.74, 6) is -0.559. The number of carbonyl (C=O) groups is 1. The molecule has 1 aliphatic carbocycles. The maximum atomic E-state index is 12.8. The fraction of sp³-hybridized carbons (Fsp3) is 0.729. The zero-order chi connectivity index (χ0) is 44.8. The van der Waals surface area contributed by atoms with Crippen LogP contribution in [0.5, 0.6) is 0 Å². The molecule has 0 aromatic carbocycles. The Morgan fingerprint density at radius 3 is 1.38 bits per heavy atom. The summed E-state index contributed by atoms with van der Waals surface area (Å²) in [6, 6.07) is 0. The van der Waals surface area contributed by atoms with Gasteiger partial charge in [0.2, 0.25) is 0 Å². The number of aliphatic hydroxyl groups is 5. The fourth-order valence-corrected chi connectivity index (χ4v) is 7.65. The van der Waals surface area contributed by atoms with Gasteiger partial charge in [-0.2, -0.15) is 0 Å². The maximum Gasteiger partial charge on any atom is 0.472 e. The lowest BCUT2D eigenvalue weighted by molar-refractivity contribution is -0.220. The molecule has 0 saturated heterocycles. The molecule has 0 bridgehead atoms. The molecule has 1 saturated carbocycles. The molecule has 1 aliphatic rings. The lowest BCUT2D eigenvalue weighted by atomic mass is 9.85. The first kappa shape index (κ1) is 56.8. The summed E-state index contributed by atoms with van der Waals surface area (Å²) in [6.07, 6.45) is 37.0. The quantitative estimate of drug-likeness (QED) is 0.0149. The normalized spacial score (nSPS) is 22.8. The molecule has 0 amide bonds. The van der Waals surface area contributed by atoms with Gasteiger partial charge in [-0.15, -0.1) is 0 Å². The van der Waals surface area contributed by atoms with Gasteiger partial charge in [0.05, 0.1) is 13.2 Å². The van der Waals surface area contributed by atoms with Crippen molar-refractivity contribution in [2.75, 3.05) is 19.8 Å². The second-order valence-corrected chi connectivity index (χ2v) is 17.3. The lowest BCUT2D eigenvalue weighted by Crippen LogP contribution is -2.64. The van der Waals surface area contributed by atoms with E-state index in [9.17, 15) is 39.8 Å². The van der Waals surface area contributed by atoms with Crippen molar-refractivity contribution in [1.29, 1.82) is 0 Å². The van der Waals surface area contributed by atoms with E-state index in [0.717, 1.165) is 57.8 Å². The van der Waals surface area contributed by atoms with Gasteiger partial charge in [-0.3, -0.25) is 13.8 Å². The van der Waals surface area contributed by atoms with Gasteiger partial charge in [-0.1, -0.05) is 177 Å². The maximum absolute atomic E-state index is 12.8. The van der Waals surface area contributed by atoms with Crippen LogP contribution in [-0.2, 0) is 27.9 Å². The Labute approximate surface area is 368 Å². The molecule has 352 valence electrons. The van der Waals surface area contributed by atoms with E-state index in [2.05, 4.69) is 74.6 Å². The molecule has 6 unspecified atom stereocenters. The molecule has 0 spiro atoms. The molecule has 0 aromatic heterocycles. The Hall–Kier alpha value is -2.22. The molecule has 0 aromatic rings. The number of phosphoric acid groups is 1. The predicted molar refractivity (Wildman–Crippen MR) is 244 cm³/mol. The number of hydrogen-bond donors (Lipinski definition) is 6. The highest BCUT2D eigenvalue weighted by Crippen LogP contribution is 2.47. The highest BCUT2D eigenvalue weighted by atomic mass is 31.2. The van der Waals surface area contributed by atoms with E-state index in [0.29, 0.717) is 13.0 Å². The van der Waals surface area contributed by atoms with Crippen LogP contribution in [0.25, 0.3) is 0 Å². The predicted octanol–water partition coefficient (Wildman–Crippen LogP) is 9.58. The van der Waals surface area contributed by atoms with E-state index in [1.165, 1.54) is 77.0 Å². The van der Waals surface area contributed by atoms with Crippen molar-refractivity contribution >= 4 is 13.8 Å². The average molecular weight is 883 g/mol. The molecule has 12 nitrogen and oxygen atoms in total. The van der Waals surface area contributed by atoms with E-state index in [1.807, 2.05) is 12.2 Å². The Balaban J connectivity index is 2.46. The number of phosphoric ester groups is 1. The molecular weight excluding hydrogens is 799 g/mol. The average Bonchev–Trinajstić information content (AvgIpc) is 3.24. The molecule has 61 heavy (non-hydrogen) atoms. The third-order valence-electron chi connectivity index (χ3n) is 10.4. The summed E-state index contributed by atoms with van der Waals surface area (Å²) >= 11 is 0. The third kappa shape index (κ3) is 30.5. The smallest absolute Gasteiger partial charge is 0.457 e. The van der Waals surface area contributed by atoms with Crippen LogP contribution >= 0.6 is 7.82 Å². The molecule has 6 N–H and O–H groups in total. The number of aliphatic hydroxyl groups excluding tert-OH is 5. The van der Waals surface area contributed by atoms with E-state index in [1.54, 1.807) is 0 Å². The first-order valence-electron chi connectivity index (χ1n) is 23.3. The van der Waals surface area contributed by atoms with Crippen LogP contribution in [0.15, 0.2) is 72.9 Å². The summed E-state index contributed by atoms with van der Waals surface area (Å²) in [6.45, 7) is 4.06. The van der Waals surface area contributed by atoms with E-state index < -0.39 is 63.1 Å². The first-order valence-corrected chi connectivity index (χ1v) is 24.8. The van der Waals surface area contributed by atoms with Crippen molar-refractivity contribution in [3.63, 3.8) is 0 Å². The van der Waals surface area contributed by atoms with Crippen LogP contribution in [0.3, 0.4) is 0 Å². The van der Waals surface area contributed by atoms with Crippen LogP contribution < -0.4 is 0 Å². The molecule has 0 radical (unpaired) electrons. The molecule has 0 heterocycles. The van der Waals surface area contributed by atoms with Crippen molar-refractivity contribution in [1.82, 2.24) is 0 Å². The van der Waals surface area contributed by atoms with Gasteiger partial charge < -0.3 is 39.9 Å². The van der Waals surface area contributed by atoms with Gasteiger partial charge in [0.25, 0.3) is 0 Å². The van der Waals surface area contributed by atoms with Gasteiger partial charge >= 0.3 is 13.8 Å². The summed E-state index contributed by atoms with van der Waals surface area (Å²) in [7, 11) is -5.04. The third-order valence-corrected chi connectivity index (χ3v) is 11.3. The highest BCUT2D eigenvalue weighted by Gasteiger charge is 2.51. The van der Waals surface area contributed by atoms with Crippen molar-refractivity contribution in [2.45, 2.75) is 204 Å². The first-order chi connectivity index (χ1) is 29.5. The monoisotopic (exact) mass is 883 g/mol. The number of allylic oxidation sites excluding steroid dienone is 12. The number of ether oxygens (including phenoxy) is 2. The molecule has 1 rings (SSSR count). The Kier molecular flexibility index (Phi) is 35.6. The van der Waals surface area contributed by atoms with Crippen LogP contribution in [0.1, 0.15) is 162 Å². The van der Waals surface area contributed by atoms with Gasteiger partial charge in [-0.25, -0.2) is 4.57 Å². The van der Waals surface area contributed by atoms with Crippen molar-refractivity contribution in [2.24, 2.45) is 0 Å². The van der Waals surface area contributed by atoms with Crippen LogP contribution in [0.2, 0.25) is 0 Å². The van der Waals surface area contributed by atoms with Crippen molar-refractivity contribution < 1.29 is 58.3 Å². The summed E-state index contributed by atoms with van der Waals surface area (Å²) < 4.78 is 34.1. The Morgan fingerprint density at radius 2 is 0.934 bits per heavy atom. The largest absolute Gasteiger partial charge is 0.472 e. The van der Waals surface area contributed by atoms with Gasteiger partial charge in [0, 0.05) is 13.0 Å². The lowest BCUT2D eigenvalue weighted by Gasteiger charge is -2.41. The number of rotatable bonds is 38. The minimum absolute atomic E-state index is 0.0591. The summed E-state index contributed by atoms with van der Waals surface area (Å²) in [4.78, 5) is 23.1. The second kappa shape index (κ2) is 38.3. The van der Waals surface area contributed by atoms with E-state index >= 15 is 0 Å². The Morgan fingerprint density at radius 1 is 0.541 bits per heavy atom. The highest BCUT2D eigenvalue weighted by molar-refractivity contribution is 7.47. The summed E-state index contributed by atoms with van der Waals surface area (Å²) in [5.41, 5.74) is 0. The van der Waals surface area contributed by atoms with Gasteiger partial charge in [0.15, 0.2) is 0 Å². The zero-order valence-corrected chi connectivity index (χ0v) is 38.3. The number of esters is 1. The summed E-state index contributed by atoms with van der Waals surface area (Å²) in [5, 5.41) is 50.2. The minimum Gasteiger partial charge on any atom is -0.457 e. The molecule has 13 heteroatoms. The molecule has 0 aliphatic heterocycles. The number of carbonyl (C=O) groups excluding carboxylic acids is 1. The van der Waals surface area contributed by atoms with Crippen molar-refractivity contribution in [3.8, 4) is 0 Å². The standard InChI is InChI=1S/C48H83O12P/c1-3-5-7-9-11-13-15-17-19-20-21-22-23-25-27-29-31-33-35-37-42(49)59-41(40-58-61(55,56)60-48-46(53)44(51)43(50)45(52)47(48)54)39-57-38-36-34-32-30-28-26-24-18-16-14-12-10-8-6-4-2/h5,7,11,13,17,19,21-22,25,27,31,33,41,43-48,50-54H,3-4,6,8-10,12,14-16,18,20,23-24,26,28-30,32,34-40H2,1-2H3,(H,55,56)/b7-5-,13-11-,19-17-,22-21-,27-25-,33-31-. The van der Waals surface area contributed by atoms with E-state index in [-0.39, 0.29) is 13.0 Å². The van der Waals surface area contributed by atoms with Crippen LogP contribution in [0.4, 0.5) is 0 Å². The van der Waals surface area contributed by atoms with Crippen LogP contribution in [-0.4, -0.2) is 98.9 Å². The topological polar surface area (TPSA) is 192 Å². The number of hydrogen-bond acceptors (Lipinski definition) is 11. The Bertz CT molecular complexity index is 1280. The number of unbranched alkanes of at least 4 members (excludes halogenated alkanes) is 14. The van der Waals surface area contributed by atoms with E-state index in [4.69, 9.17) is 18.5 Å². The van der Waals surface area contributed by atoms with Crippen molar-refractivity contribution in [3.05, 3.63) is 72.9 Å². The fourth-order valence-electron chi connectivity index (χ4n) is 6.68. The van der Waals surface area contributed by atoms with Gasteiger partial charge in [0.1, 0.15) is 42.7 Å². The SMILES string of the molecule is CC/C=C\C/C=C\C/C=C\C/C=C\C/C=C\C/C=C\CCC(=O)OC(COCCCCCCCCCCCCCCCCC)COP(=O)(O)OC1C(O)C(O)C(O)C(O)C1O. The zero-order valence-electron chi connectivity index (χ0n) is 37.4. The second-order valence-electron chi connectivity index (χ2n) is 15.9. The molecule has 6 atom stereocenters. The minimum atomic E-state index is -5.04. The molecule has 1 fully saturated rings. The van der Waals surface area contributed by atoms with Crippen LogP contribution in [0, 0.1) is 0 Å².